The Labute approximate surface area is 213 Å². The van der Waals surface area contributed by atoms with Crippen molar-refractivity contribution in [3.05, 3.63) is 64.8 Å². The Morgan fingerprint density at radius 2 is 1.92 bits per heavy atom. The van der Waals surface area contributed by atoms with Crippen molar-refractivity contribution in [1.82, 2.24) is 14.8 Å². The maximum Gasteiger partial charge on any atom is 0.306 e. The predicted molar refractivity (Wildman–Crippen MR) is 137 cm³/mol. The number of fused-ring (bicyclic) bond motifs is 2. The van der Waals surface area contributed by atoms with Gasteiger partial charge in [-0.15, -0.1) is 0 Å². The molecule has 0 atom stereocenters. The van der Waals surface area contributed by atoms with Gasteiger partial charge in [-0.05, 0) is 66.8 Å². The Hall–Kier alpha value is -3.45. The van der Waals surface area contributed by atoms with Gasteiger partial charge in [0.25, 0.3) is 0 Å². The van der Waals surface area contributed by atoms with Crippen molar-refractivity contribution in [3.63, 3.8) is 0 Å². The quantitative estimate of drug-likeness (QED) is 0.322. The molecule has 2 saturated carbocycles. The molecule has 184 valence electrons. The molecule has 8 heteroatoms. The zero-order valence-corrected chi connectivity index (χ0v) is 20.7. The summed E-state index contributed by atoms with van der Waals surface area (Å²) in [6.07, 6.45) is 5.55. The van der Waals surface area contributed by atoms with Crippen LogP contribution in [-0.4, -0.2) is 38.7 Å². The lowest BCUT2D eigenvalue weighted by atomic mass is 9.47. The fourth-order valence-corrected chi connectivity index (χ4v) is 6.42. The third kappa shape index (κ3) is 3.91. The Morgan fingerprint density at radius 3 is 2.67 bits per heavy atom. The first-order valence-electron chi connectivity index (χ1n) is 12.2. The SMILES string of the molecule is COc1ccc2ccc(Cn3ncc4c(Cl)ccc(C(=O)CC5CC6(C5)CC(C(=O)O)C6)c43)cc2n1. The van der Waals surface area contributed by atoms with Crippen molar-refractivity contribution in [2.24, 2.45) is 17.3 Å². The standard InChI is InChI=1S/C28H26ClN3O4/c1-36-25-7-4-18-3-2-16(8-23(18)31-25)15-32-26-20(5-6-22(29)21(26)14-30-32)24(33)9-17-10-28(11-17)12-19(13-28)27(34)35/h2-8,14,17,19H,9-13,15H2,1H3,(H,34,35). The van der Waals surface area contributed by atoms with Crippen molar-refractivity contribution >= 4 is 45.2 Å². The number of halogens is 1. The van der Waals surface area contributed by atoms with E-state index in [-0.39, 0.29) is 17.1 Å². The molecular weight excluding hydrogens is 478 g/mol. The van der Waals surface area contributed by atoms with Gasteiger partial charge in [0.05, 0.1) is 41.8 Å². The van der Waals surface area contributed by atoms with Crippen LogP contribution in [0.3, 0.4) is 0 Å². The molecule has 0 unspecified atom stereocenters. The molecule has 2 aromatic carbocycles. The second kappa shape index (κ2) is 8.59. The molecule has 1 N–H and O–H groups in total. The van der Waals surface area contributed by atoms with Crippen LogP contribution in [0, 0.1) is 17.3 Å². The van der Waals surface area contributed by atoms with E-state index < -0.39 is 5.97 Å². The van der Waals surface area contributed by atoms with Crippen LogP contribution < -0.4 is 4.74 Å². The first-order chi connectivity index (χ1) is 17.3. The van der Waals surface area contributed by atoms with Crippen LogP contribution >= 0.6 is 11.6 Å². The van der Waals surface area contributed by atoms with Crippen LogP contribution in [0.1, 0.15) is 48.0 Å². The highest BCUT2D eigenvalue weighted by atomic mass is 35.5. The highest BCUT2D eigenvalue weighted by molar-refractivity contribution is 6.36. The molecule has 0 bridgehead atoms. The molecule has 2 aromatic heterocycles. The number of hydrogen-bond acceptors (Lipinski definition) is 5. The summed E-state index contributed by atoms with van der Waals surface area (Å²) in [7, 11) is 1.60. The van der Waals surface area contributed by atoms with Gasteiger partial charge in [-0.2, -0.15) is 5.10 Å². The molecule has 0 aliphatic heterocycles. The van der Waals surface area contributed by atoms with Gasteiger partial charge in [0.2, 0.25) is 5.88 Å². The Bertz CT molecular complexity index is 1510. The maximum atomic E-state index is 13.4. The Morgan fingerprint density at radius 1 is 1.14 bits per heavy atom. The lowest BCUT2D eigenvalue weighted by Crippen LogP contribution is -2.50. The highest BCUT2D eigenvalue weighted by Crippen LogP contribution is 2.62. The van der Waals surface area contributed by atoms with Crippen LogP contribution in [-0.2, 0) is 11.3 Å². The molecule has 0 radical (unpaired) electrons. The minimum absolute atomic E-state index is 0.0808. The molecule has 7 nitrogen and oxygen atoms in total. The fourth-order valence-electron chi connectivity index (χ4n) is 6.22. The number of ether oxygens (including phenoxy) is 1. The predicted octanol–water partition coefficient (Wildman–Crippen LogP) is 5.76. The number of ketones is 1. The molecule has 6 rings (SSSR count). The topological polar surface area (TPSA) is 94.3 Å². The van der Waals surface area contributed by atoms with Crippen LogP contribution in [0.4, 0.5) is 0 Å². The average molecular weight is 504 g/mol. The van der Waals surface area contributed by atoms with Crippen molar-refractivity contribution in [3.8, 4) is 5.88 Å². The summed E-state index contributed by atoms with van der Waals surface area (Å²) in [4.78, 5) is 29.1. The lowest BCUT2D eigenvalue weighted by molar-refractivity contribution is -0.157. The largest absolute Gasteiger partial charge is 0.481 e. The minimum Gasteiger partial charge on any atom is -0.481 e. The van der Waals surface area contributed by atoms with E-state index in [0.717, 1.165) is 53.1 Å². The number of hydrogen-bond donors (Lipinski definition) is 1. The van der Waals surface area contributed by atoms with E-state index in [4.69, 9.17) is 16.3 Å². The van der Waals surface area contributed by atoms with Gasteiger partial charge >= 0.3 is 5.97 Å². The summed E-state index contributed by atoms with van der Waals surface area (Å²) in [6.45, 7) is 0.474. The molecule has 4 aromatic rings. The first kappa shape index (κ1) is 23.0. The molecule has 0 amide bonds. The maximum absolute atomic E-state index is 13.4. The van der Waals surface area contributed by atoms with E-state index in [1.54, 1.807) is 25.4 Å². The molecule has 1 spiro atoms. The molecule has 2 heterocycles. The fraction of sp³-hybridized carbons (Fsp3) is 0.357. The van der Waals surface area contributed by atoms with E-state index in [1.165, 1.54) is 0 Å². The van der Waals surface area contributed by atoms with Crippen LogP contribution in [0.15, 0.2) is 48.7 Å². The van der Waals surface area contributed by atoms with Crippen molar-refractivity contribution in [2.75, 3.05) is 7.11 Å². The zero-order chi connectivity index (χ0) is 25.0. The van der Waals surface area contributed by atoms with E-state index in [0.29, 0.717) is 35.3 Å². The van der Waals surface area contributed by atoms with Gasteiger partial charge < -0.3 is 9.84 Å². The summed E-state index contributed by atoms with van der Waals surface area (Å²) in [5.74, 6) is 0.0341. The summed E-state index contributed by atoms with van der Waals surface area (Å²) in [6, 6.07) is 13.4. The number of benzene rings is 2. The zero-order valence-electron chi connectivity index (χ0n) is 19.9. The Balaban J connectivity index is 1.24. The smallest absolute Gasteiger partial charge is 0.306 e. The summed E-state index contributed by atoms with van der Waals surface area (Å²) < 4.78 is 7.09. The normalized spacial score (nSPS) is 22.9. The van der Waals surface area contributed by atoms with Crippen LogP contribution in [0.2, 0.25) is 5.02 Å². The number of carbonyl (C=O) groups is 2. The molecule has 0 saturated heterocycles. The van der Waals surface area contributed by atoms with Gasteiger partial charge in [0.15, 0.2) is 5.78 Å². The minimum atomic E-state index is -0.696. The van der Waals surface area contributed by atoms with Gasteiger partial charge in [-0.3, -0.25) is 14.3 Å². The number of carbonyl (C=O) groups excluding carboxylic acids is 1. The molecule has 2 aliphatic rings. The number of pyridine rings is 1. The summed E-state index contributed by atoms with van der Waals surface area (Å²) in [5, 5.41) is 16.1. The van der Waals surface area contributed by atoms with E-state index in [9.17, 15) is 14.7 Å². The first-order valence-corrected chi connectivity index (χ1v) is 12.6. The number of nitrogens with zero attached hydrogens (tertiary/aromatic N) is 3. The van der Waals surface area contributed by atoms with Crippen molar-refractivity contribution in [2.45, 2.75) is 38.6 Å². The van der Waals surface area contributed by atoms with Crippen molar-refractivity contribution in [1.29, 1.82) is 0 Å². The number of methoxy groups -OCH3 is 1. The van der Waals surface area contributed by atoms with Gasteiger partial charge in [0, 0.05) is 28.8 Å². The number of Topliss-reactive ketones (excluding diaryl/α,β-unsaturated/α-hetero) is 1. The summed E-state index contributed by atoms with van der Waals surface area (Å²) in [5.41, 5.74) is 3.36. The molecule has 2 aliphatic carbocycles. The van der Waals surface area contributed by atoms with Crippen molar-refractivity contribution < 1.29 is 19.4 Å². The third-order valence-electron chi connectivity index (χ3n) is 7.95. The van der Waals surface area contributed by atoms with E-state index in [2.05, 4.69) is 10.1 Å². The van der Waals surface area contributed by atoms with Gasteiger partial charge in [0.1, 0.15) is 0 Å². The average Bonchev–Trinajstić information content (AvgIpc) is 3.23. The van der Waals surface area contributed by atoms with E-state index in [1.807, 2.05) is 35.0 Å². The van der Waals surface area contributed by atoms with Gasteiger partial charge in [-0.1, -0.05) is 23.7 Å². The third-order valence-corrected chi connectivity index (χ3v) is 8.28. The highest BCUT2D eigenvalue weighted by Gasteiger charge is 2.54. The number of aromatic nitrogens is 3. The molecule has 2 fully saturated rings. The Kier molecular flexibility index (Phi) is 5.48. The second-order valence-electron chi connectivity index (χ2n) is 10.4. The summed E-state index contributed by atoms with van der Waals surface area (Å²) >= 11 is 6.47. The second-order valence-corrected chi connectivity index (χ2v) is 10.8. The van der Waals surface area contributed by atoms with E-state index >= 15 is 0 Å². The number of carboxylic acid groups (broad SMARTS) is 1. The number of aliphatic carboxylic acids is 1. The molecule has 36 heavy (non-hydrogen) atoms. The van der Waals surface area contributed by atoms with Crippen LogP contribution in [0.5, 0.6) is 5.88 Å². The lowest BCUT2D eigenvalue weighted by Gasteiger charge is -2.56. The monoisotopic (exact) mass is 503 g/mol. The van der Waals surface area contributed by atoms with Crippen LogP contribution in [0.25, 0.3) is 21.8 Å². The molecular formula is C28H26ClN3O4. The van der Waals surface area contributed by atoms with Gasteiger partial charge in [-0.25, -0.2) is 4.98 Å². The number of rotatable bonds is 7. The number of carboxylic acids is 1.